The Morgan fingerprint density at radius 3 is 2.62 bits per heavy atom. The first-order valence-corrected chi connectivity index (χ1v) is 6.67. The minimum Gasteiger partial charge on any atom is -0.454 e. The van der Waals surface area contributed by atoms with Gasteiger partial charge in [0.25, 0.3) is 0 Å². The average Bonchev–Trinajstić information content (AvgIpc) is 2.84. The maximum Gasteiger partial charge on any atom is 0.339 e. The highest BCUT2D eigenvalue weighted by Gasteiger charge is 2.32. The Morgan fingerprint density at radius 1 is 1.19 bits per heavy atom. The number of carbonyl (C=O) groups excluding carboxylic acids is 1. The van der Waals surface area contributed by atoms with Gasteiger partial charge in [0.1, 0.15) is 6.10 Å². The van der Waals surface area contributed by atoms with Gasteiger partial charge < -0.3 is 9.84 Å². The van der Waals surface area contributed by atoms with Crippen molar-refractivity contribution in [1.29, 1.82) is 5.26 Å². The standard InChI is InChI=1S/C17H13NO3/c18-10-11-5-7-12(8-6-11)15(19)9-16-13-3-1-2-4-14(13)17(20)21-16/h1-8,15-16,19H,9H2/t15-,16+/m0/s1. The lowest BCUT2D eigenvalue weighted by Gasteiger charge is -2.16. The number of nitrogens with zero attached hydrogens (tertiary/aromatic N) is 1. The third-order valence-corrected chi connectivity index (χ3v) is 3.64. The van der Waals surface area contributed by atoms with E-state index in [4.69, 9.17) is 10.00 Å². The zero-order valence-corrected chi connectivity index (χ0v) is 11.2. The zero-order chi connectivity index (χ0) is 14.8. The average molecular weight is 279 g/mol. The molecule has 21 heavy (non-hydrogen) atoms. The maximum atomic E-state index is 11.7. The van der Waals surface area contributed by atoms with Gasteiger partial charge in [-0.1, -0.05) is 30.3 Å². The molecule has 0 aliphatic carbocycles. The quantitative estimate of drug-likeness (QED) is 0.877. The van der Waals surface area contributed by atoms with E-state index in [1.807, 2.05) is 18.2 Å². The Balaban J connectivity index is 1.78. The summed E-state index contributed by atoms with van der Waals surface area (Å²) < 4.78 is 5.32. The number of cyclic esters (lactones) is 1. The molecule has 0 amide bonds. The molecule has 1 N–H and O–H groups in total. The van der Waals surface area contributed by atoms with E-state index in [0.717, 1.165) is 5.56 Å². The highest BCUT2D eigenvalue weighted by molar-refractivity contribution is 5.93. The van der Waals surface area contributed by atoms with Gasteiger partial charge in [-0.05, 0) is 23.8 Å². The van der Waals surface area contributed by atoms with Gasteiger partial charge in [-0.25, -0.2) is 4.79 Å². The lowest BCUT2D eigenvalue weighted by Crippen LogP contribution is -2.06. The predicted molar refractivity (Wildman–Crippen MR) is 75.3 cm³/mol. The fraction of sp³-hybridized carbons (Fsp3) is 0.176. The summed E-state index contributed by atoms with van der Waals surface area (Å²) in [5.41, 5.74) is 2.63. The van der Waals surface area contributed by atoms with E-state index in [2.05, 4.69) is 0 Å². The van der Waals surface area contributed by atoms with E-state index in [0.29, 0.717) is 23.1 Å². The SMILES string of the molecule is N#Cc1ccc([C@@H](O)C[C@H]2OC(=O)c3ccccc32)cc1. The second-order valence-corrected chi connectivity index (χ2v) is 4.97. The Bertz CT molecular complexity index is 716. The van der Waals surface area contributed by atoms with Crippen molar-refractivity contribution in [2.45, 2.75) is 18.6 Å². The summed E-state index contributed by atoms with van der Waals surface area (Å²) in [6.07, 6.45) is -0.879. The van der Waals surface area contributed by atoms with E-state index >= 15 is 0 Å². The van der Waals surface area contributed by atoms with E-state index in [9.17, 15) is 9.90 Å². The van der Waals surface area contributed by atoms with Gasteiger partial charge in [-0.2, -0.15) is 5.26 Å². The van der Waals surface area contributed by atoms with Gasteiger partial charge in [0.15, 0.2) is 0 Å². The molecule has 3 rings (SSSR count). The number of esters is 1. The van der Waals surface area contributed by atoms with Gasteiger partial charge in [-0.15, -0.1) is 0 Å². The second-order valence-electron chi connectivity index (χ2n) is 4.97. The van der Waals surface area contributed by atoms with Crippen LogP contribution in [0.4, 0.5) is 0 Å². The van der Waals surface area contributed by atoms with Crippen LogP contribution in [0.2, 0.25) is 0 Å². The molecule has 4 nitrogen and oxygen atoms in total. The van der Waals surface area contributed by atoms with Gasteiger partial charge in [-0.3, -0.25) is 0 Å². The van der Waals surface area contributed by atoms with Crippen LogP contribution in [0.25, 0.3) is 0 Å². The first-order chi connectivity index (χ1) is 10.2. The third kappa shape index (κ3) is 2.51. The number of hydrogen-bond donors (Lipinski definition) is 1. The zero-order valence-electron chi connectivity index (χ0n) is 11.2. The number of nitriles is 1. The van der Waals surface area contributed by atoms with E-state index < -0.39 is 12.2 Å². The summed E-state index contributed by atoms with van der Waals surface area (Å²) in [6, 6.07) is 16.0. The Kier molecular flexibility index (Phi) is 3.43. The largest absolute Gasteiger partial charge is 0.454 e. The topological polar surface area (TPSA) is 70.3 Å². The van der Waals surface area contributed by atoms with Crippen molar-refractivity contribution < 1.29 is 14.6 Å². The Morgan fingerprint density at radius 2 is 1.90 bits per heavy atom. The molecule has 0 spiro atoms. The highest BCUT2D eigenvalue weighted by Crippen LogP contribution is 2.36. The molecule has 0 saturated heterocycles. The van der Waals surface area contributed by atoms with Crippen LogP contribution >= 0.6 is 0 Å². The van der Waals surface area contributed by atoms with Crippen molar-refractivity contribution in [3.05, 3.63) is 70.8 Å². The molecule has 2 aromatic rings. The molecule has 2 aromatic carbocycles. The van der Waals surface area contributed by atoms with Crippen LogP contribution in [0, 0.1) is 11.3 Å². The molecular formula is C17H13NO3. The number of aliphatic hydroxyl groups is 1. The summed E-state index contributed by atoms with van der Waals surface area (Å²) in [5, 5.41) is 19.0. The molecule has 1 aliphatic heterocycles. The van der Waals surface area contributed by atoms with Gasteiger partial charge in [0, 0.05) is 12.0 Å². The summed E-state index contributed by atoms with van der Waals surface area (Å²) in [6.45, 7) is 0. The van der Waals surface area contributed by atoms with Crippen LogP contribution in [0.1, 0.15) is 45.7 Å². The summed E-state index contributed by atoms with van der Waals surface area (Å²) in [7, 11) is 0. The van der Waals surface area contributed by atoms with Crippen LogP contribution in [0.15, 0.2) is 48.5 Å². The molecule has 1 heterocycles. The van der Waals surface area contributed by atoms with Gasteiger partial charge in [0.05, 0.1) is 23.3 Å². The fourth-order valence-electron chi connectivity index (χ4n) is 2.51. The Hall–Kier alpha value is -2.64. The van der Waals surface area contributed by atoms with Crippen molar-refractivity contribution >= 4 is 5.97 Å². The molecule has 0 bridgehead atoms. The van der Waals surface area contributed by atoms with E-state index in [1.165, 1.54) is 0 Å². The molecule has 0 fully saturated rings. The first-order valence-electron chi connectivity index (χ1n) is 6.67. The third-order valence-electron chi connectivity index (χ3n) is 3.64. The van der Waals surface area contributed by atoms with Crippen LogP contribution < -0.4 is 0 Å². The Labute approximate surface area is 122 Å². The number of carbonyl (C=O) groups is 1. The molecular weight excluding hydrogens is 266 g/mol. The van der Waals surface area contributed by atoms with E-state index in [-0.39, 0.29) is 5.97 Å². The first kappa shape index (κ1) is 13.3. The fourth-order valence-corrected chi connectivity index (χ4v) is 2.51. The lowest BCUT2D eigenvalue weighted by molar-refractivity contribution is 0.0234. The summed E-state index contributed by atoms with van der Waals surface area (Å²) >= 11 is 0. The number of fused-ring (bicyclic) bond motifs is 1. The lowest BCUT2D eigenvalue weighted by atomic mass is 9.97. The van der Waals surface area contributed by atoms with Crippen molar-refractivity contribution in [3.8, 4) is 6.07 Å². The van der Waals surface area contributed by atoms with Crippen molar-refractivity contribution in [3.63, 3.8) is 0 Å². The molecule has 0 aromatic heterocycles. The summed E-state index contributed by atoms with van der Waals surface area (Å²) in [5.74, 6) is -0.345. The van der Waals surface area contributed by atoms with Crippen molar-refractivity contribution in [1.82, 2.24) is 0 Å². The molecule has 104 valence electrons. The molecule has 2 atom stereocenters. The van der Waals surface area contributed by atoms with Crippen LogP contribution in [0.5, 0.6) is 0 Å². The van der Waals surface area contributed by atoms with Crippen LogP contribution in [0.3, 0.4) is 0 Å². The van der Waals surface area contributed by atoms with Crippen molar-refractivity contribution in [2.24, 2.45) is 0 Å². The number of hydrogen-bond acceptors (Lipinski definition) is 4. The smallest absolute Gasteiger partial charge is 0.339 e. The number of ether oxygens (including phenoxy) is 1. The number of aliphatic hydroxyl groups excluding tert-OH is 1. The molecule has 0 unspecified atom stereocenters. The molecule has 0 radical (unpaired) electrons. The molecule has 4 heteroatoms. The van der Waals surface area contributed by atoms with Crippen LogP contribution in [-0.2, 0) is 4.74 Å². The minimum atomic E-state index is -0.748. The highest BCUT2D eigenvalue weighted by atomic mass is 16.5. The van der Waals surface area contributed by atoms with Crippen LogP contribution in [-0.4, -0.2) is 11.1 Å². The number of benzene rings is 2. The van der Waals surface area contributed by atoms with Crippen molar-refractivity contribution in [2.75, 3.05) is 0 Å². The monoisotopic (exact) mass is 279 g/mol. The van der Waals surface area contributed by atoms with Gasteiger partial charge in [0.2, 0.25) is 0 Å². The minimum absolute atomic E-state index is 0.300. The van der Waals surface area contributed by atoms with E-state index in [1.54, 1.807) is 36.4 Å². The molecule has 0 saturated carbocycles. The molecule has 1 aliphatic rings. The second kappa shape index (κ2) is 5.39. The maximum absolute atomic E-state index is 11.7. The normalized spacial score (nSPS) is 17.7. The van der Waals surface area contributed by atoms with Gasteiger partial charge >= 0.3 is 5.97 Å². The predicted octanol–water partition coefficient (Wildman–Crippen LogP) is 2.89. The summed E-state index contributed by atoms with van der Waals surface area (Å²) in [4.78, 5) is 11.7. The number of rotatable bonds is 3.